The SMILES string of the molecule is C=CCN(c1ccc(Cl)cc1C)S(=O)(=O)c1ccc(OC)c(C)c1. The van der Waals surface area contributed by atoms with Gasteiger partial charge in [-0.05, 0) is 61.4 Å². The minimum absolute atomic E-state index is 0.163. The average Bonchev–Trinajstić information content (AvgIpc) is 2.53. The summed E-state index contributed by atoms with van der Waals surface area (Å²) in [5.74, 6) is 0.645. The third-order valence-corrected chi connectivity index (χ3v) is 5.69. The fourth-order valence-electron chi connectivity index (χ4n) is 2.48. The molecule has 0 saturated carbocycles. The number of anilines is 1. The number of methoxy groups -OCH3 is 1. The van der Waals surface area contributed by atoms with Crippen molar-refractivity contribution in [3.8, 4) is 5.75 Å². The number of halogens is 1. The molecular weight excluding hydrogens is 346 g/mol. The van der Waals surface area contributed by atoms with Crippen LogP contribution in [0.5, 0.6) is 5.75 Å². The predicted molar refractivity (Wildman–Crippen MR) is 98.6 cm³/mol. The van der Waals surface area contributed by atoms with Gasteiger partial charge >= 0.3 is 0 Å². The van der Waals surface area contributed by atoms with Crippen LogP contribution in [0.1, 0.15) is 11.1 Å². The van der Waals surface area contributed by atoms with Gasteiger partial charge in [0.05, 0.1) is 24.2 Å². The van der Waals surface area contributed by atoms with Gasteiger partial charge in [0.2, 0.25) is 0 Å². The molecular formula is C18H20ClNO3S. The Morgan fingerprint density at radius 2 is 1.88 bits per heavy atom. The van der Waals surface area contributed by atoms with E-state index in [1.54, 1.807) is 49.6 Å². The Kier molecular flexibility index (Phi) is 5.57. The summed E-state index contributed by atoms with van der Waals surface area (Å²) in [4.78, 5) is 0.206. The lowest BCUT2D eigenvalue weighted by Gasteiger charge is -2.25. The molecule has 0 atom stereocenters. The summed E-state index contributed by atoms with van der Waals surface area (Å²) in [6.45, 7) is 7.47. The molecule has 0 spiro atoms. The molecule has 0 amide bonds. The highest BCUT2D eigenvalue weighted by Gasteiger charge is 2.25. The fourth-order valence-corrected chi connectivity index (χ4v) is 4.29. The van der Waals surface area contributed by atoms with E-state index >= 15 is 0 Å². The molecule has 4 nitrogen and oxygen atoms in total. The van der Waals surface area contributed by atoms with Gasteiger partial charge in [0, 0.05) is 5.02 Å². The first-order valence-electron chi connectivity index (χ1n) is 7.35. The van der Waals surface area contributed by atoms with Crippen LogP contribution in [0.15, 0.2) is 53.9 Å². The Morgan fingerprint density at radius 1 is 1.17 bits per heavy atom. The predicted octanol–water partition coefficient (Wildman–Crippen LogP) is 4.35. The lowest BCUT2D eigenvalue weighted by Crippen LogP contribution is -2.31. The fraction of sp³-hybridized carbons (Fsp3) is 0.222. The van der Waals surface area contributed by atoms with Crippen molar-refractivity contribution in [2.45, 2.75) is 18.7 Å². The molecule has 128 valence electrons. The Balaban J connectivity index is 2.57. The van der Waals surface area contributed by atoms with Crippen LogP contribution in [-0.4, -0.2) is 22.1 Å². The van der Waals surface area contributed by atoms with Crippen LogP contribution in [0.3, 0.4) is 0 Å². The normalized spacial score (nSPS) is 11.2. The molecule has 0 radical (unpaired) electrons. The van der Waals surface area contributed by atoms with E-state index in [0.717, 1.165) is 11.1 Å². The van der Waals surface area contributed by atoms with Gasteiger partial charge in [0.1, 0.15) is 5.75 Å². The summed E-state index contributed by atoms with van der Waals surface area (Å²) >= 11 is 5.98. The zero-order valence-corrected chi connectivity index (χ0v) is 15.5. The smallest absolute Gasteiger partial charge is 0.264 e. The number of nitrogens with zero attached hydrogens (tertiary/aromatic N) is 1. The number of aryl methyl sites for hydroxylation is 2. The molecule has 0 bridgehead atoms. The molecule has 0 heterocycles. The second kappa shape index (κ2) is 7.28. The minimum atomic E-state index is -3.74. The highest BCUT2D eigenvalue weighted by atomic mass is 35.5. The van der Waals surface area contributed by atoms with Gasteiger partial charge in [-0.15, -0.1) is 6.58 Å². The Morgan fingerprint density at radius 3 is 2.42 bits per heavy atom. The first kappa shape index (κ1) is 18.4. The minimum Gasteiger partial charge on any atom is -0.496 e. The number of ether oxygens (including phenoxy) is 1. The lowest BCUT2D eigenvalue weighted by molar-refractivity contribution is 0.411. The van der Waals surface area contributed by atoms with Crippen molar-refractivity contribution in [2.75, 3.05) is 18.0 Å². The highest BCUT2D eigenvalue weighted by molar-refractivity contribution is 7.92. The maximum atomic E-state index is 13.1. The van der Waals surface area contributed by atoms with Crippen LogP contribution >= 0.6 is 11.6 Å². The van der Waals surface area contributed by atoms with E-state index in [9.17, 15) is 8.42 Å². The zero-order chi connectivity index (χ0) is 17.9. The van der Waals surface area contributed by atoms with E-state index in [1.807, 2.05) is 13.8 Å². The maximum Gasteiger partial charge on any atom is 0.264 e. The molecule has 0 aliphatic rings. The topological polar surface area (TPSA) is 46.6 Å². The van der Waals surface area contributed by atoms with Crippen molar-refractivity contribution in [2.24, 2.45) is 0 Å². The van der Waals surface area contributed by atoms with Crippen LogP contribution in [0.25, 0.3) is 0 Å². The molecule has 2 aromatic rings. The number of hydrogen-bond acceptors (Lipinski definition) is 3. The molecule has 0 aliphatic carbocycles. The molecule has 0 unspecified atom stereocenters. The molecule has 0 aliphatic heterocycles. The van der Waals surface area contributed by atoms with Crippen molar-refractivity contribution >= 4 is 27.3 Å². The number of benzene rings is 2. The van der Waals surface area contributed by atoms with Gasteiger partial charge in [-0.3, -0.25) is 4.31 Å². The molecule has 0 aromatic heterocycles. The van der Waals surface area contributed by atoms with Crippen LogP contribution in [0.4, 0.5) is 5.69 Å². The van der Waals surface area contributed by atoms with Crippen LogP contribution in [-0.2, 0) is 10.0 Å². The Labute approximate surface area is 148 Å². The van der Waals surface area contributed by atoms with E-state index < -0.39 is 10.0 Å². The molecule has 6 heteroatoms. The van der Waals surface area contributed by atoms with Crippen molar-refractivity contribution in [1.29, 1.82) is 0 Å². The number of rotatable bonds is 6. The monoisotopic (exact) mass is 365 g/mol. The van der Waals surface area contributed by atoms with Gasteiger partial charge in [-0.25, -0.2) is 8.42 Å². The van der Waals surface area contributed by atoms with Crippen molar-refractivity contribution < 1.29 is 13.2 Å². The van der Waals surface area contributed by atoms with Crippen LogP contribution in [0.2, 0.25) is 5.02 Å². The summed E-state index contributed by atoms with van der Waals surface area (Å²) < 4.78 is 32.8. The standard InChI is InChI=1S/C18H20ClNO3S/c1-5-10-20(17-8-6-15(19)11-13(17)2)24(21,22)16-7-9-18(23-4)14(3)12-16/h5-9,11-12H,1,10H2,2-4H3. The number of sulfonamides is 1. The van der Waals surface area contributed by atoms with Crippen molar-refractivity contribution in [3.63, 3.8) is 0 Å². The Bertz CT molecular complexity index is 863. The number of hydrogen-bond donors (Lipinski definition) is 0. The van der Waals surface area contributed by atoms with E-state index in [0.29, 0.717) is 16.5 Å². The quantitative estimate of drug-likeness (QED) is 0.715. The second-order valence-electron chi connectivity index (χ2n) is 5.39. The third-order valence-electron chi connectivity index (χ3n) is 3.68. The molecule has 2 aromatic carbocycles. The van der Waals surface area contributed by atoms with E-state index in [1.165, 1.54) is 4.31 Å². The molecule has 2 rings (SSSR count). The first-order chi connectivity index (χ1) is 11.3. The summed E-state index contributed by atoms with van der Waals surface area (Å²) in [6.07, 6.45) is 1.56. The lowest BCUT2D eigenvalue weighted by atomic mass is 10.2. The largest absolute Gasteiger partial charge is 0.496 e. The second-order valence-corrected chi connectivity index (χ2v) is 7.69. The maximum absolute atomic E-state index is 13.1. The van der Waals surface area contributed by atoms with E-state index in [4.69, 9.17) is 16.3 Å². The van der Waals surface area contributed by atoms with Crippen LogP contribution < -0.4 is 9.04 Å². The van der Waals surface area contributed by atoms with Crippen LogP contribution in [0, 0.1) is 13.8 Å². The third kappa shape index (κ3) is 3.57. The van der Waals surface area contributed by atoms with Gasteiger partial charge in [0.15, 0.2) is 0 Å². The summed E-state index contributed by atoms with van der Waals surface area (Å²) in [5, 5.41) is 0.562. The summed E-state index contributed by atoms with van der Waals surface area (Å²) in [5.41, 5.74) is 2.11. The van der Waals surface area contributed by atoms with Crippen molar-refractivity contribution in [1.82, 2.24) is 0 Å². The van der Waals surface area contributed by atoms with E-state index in [-0.39, 0.29) is 11.4 Å². The summed E-state index contributed by atoms with van der Waals surface area (Å²) in [6, 6.07) is 9.92. The zero-order valence-electron chi connectivity index (χ0n) is 13.9. The molecule has 24 heavy (non-hydrogen) atoms. The molecule has 0 fully saturated rings. The summed E-state index contributed by atoms with van der Waals surface area (Å²) in [7, 11) is -2.18. The van der Waals surface area contributed by atoms with Gasteiger partial charge in [-0.2, -0.15) is 0 Å². The highest BCUT2D eigenvalue weighted by Crippen LogP contribution is 2.30. The first-order valence-corrected chi connectivity index (χ1v) is 9.17. The van der Waals surface area contributed by atoms with Gasteiger partial charge in [0.25, 0.3) is 10.0 Å². The van der Waals surface area contributed by atoms with Crippen molar-refractivity contribution in [3.05, 3.63) is 65.2 Å². The Hall–Kier alpha value is -1.98. The molecule has 0 saturated heterocycles. The van der Waals surface area contributed by atoms with Gasteiger partial charge in [-0.1, -0.05) is 17.7 Å². The molecule has 0 N–H and O–H groups in total. The average molecular weight is 366 g/mol. The van der Waals surface area contributed by atoms with E-state index in [2.05, 4.69) is 6.58 Å². The van der Waals surface area contributed by atoms with Gasteiger partial charge < -0.3 is 4.74 Å².